The predicted molar refractivity (Wildman–Crippen MR) is 266 cm³/mol. The maximum absolute atomic E-state index is 11.8. The smallest absolute Gasteiger partial charge is 0.457 e. The van der Waals surface area contributed by atoms with E-state index in [9.17, 15) is 74.1 Å². The van der Waals surface area contributed by atoms with E-state index in [0.717, 1.165) is 29.1 Å². The van der Waals surface area contributed by atoms with Crippen molar-refractivity contribution in [1.82, 2.24) is 19.9 Å². The van der Waals surface area contributed by atoms with E-state index < -0.39 is 39.9 Å². The fraction of sp³-hybridized carbons (Fsp3) is 0.200. The molecular formula is C50H49F9N8O9. The molecular weight excluding hydrogens is 1030 g/mol. The molecule has 0 aliphatic rings. The van der Waals surface area contributed by atoms with Crippen LogP contribution in [0.5, 0.6) is 23.0 Å². The standard InChI is InChI=1S/C22H19N5O3.C13H11N3O4.C9H5F3O2.2C2H3F3.2CH4/c1-14-21(15-6-4-3-5-7-15)26-22(25-14)19-12-17(10-11-24-19)30-16-8-9-18(23-2)20(13-16)27(28)29;1-14-12-3-2-10(7-13(12)16(18)19)20-11-4-5-15-9(6-11)8-17;10-9(11,12)8(14)7(13)6-4-2-1-3-5-6;2*1-2(3,4)5;;/h3-13,23H,1-2H3,(H,25,26);2-8,14H,1H3;1-5H;2*1H3;2*1H4. The van der Waals surface area contributed by atoms with Crippen molar-refractivity contribution in [3.05, 3.63) is 171 Å². The van der Waals surface area contributed by atoms with E-state index in [4.69, 9.17) is 9.47 Å². The molecule has 3 N–H and O–H groups in total. The molecule has 0 radical (unpaired) electrons. The number of carbonyl (C=O) groups is 3. The Morgan fingerprint density at radius 1 is 0.632 bits per heavy atom. The first-order chi connectivity index (χ1) is 34.6. The summed E-state index contributed by atoms with van der Waals surface area (Å²) in [5, 5.41) is 27.7. The van der Waals surface area contributed by atoms with Gasteiger partial charge in [0.1, 0.15) is 45.8 Å². The van der Waals surface area contributed by atoms with Crippen molar-refractivity contribution in [3.8, 4) is 45.8 Å². The molecule has 3 heterocycles. The van der Waals surface area contributed by atoms with Crippen molar-refractivity contribution in [3.63, 3.8) is 0 Å². The van der Waals surface area contributed by atoms with E-state index in [1.807, 2.05) is 37.3 Å². The third-order valence-electron chi connectivity index (χ3n) is 8.62. The predicted octanol–water partition coefficient (Wildman–Crippen LogP) is 14.2. The minimum atomic E-state index is -5.10. The lowest BCUT2D eigenvalue weighted by Crippen LogP contribution is -2.30. The summed E-state index contributed by atoms with van der Waals surface area (Å²) in [6.45, 7) is 2.33. The number of nitrogens with zero attached hydrogens (tertiary/aromatic N) is 5. The number of aromatic amines is 1. The number of nitro benzene ring substituents is 2. The number of Topliss-reactive ketones (excluding diaryl/α,β-unsaturated/α-hetero) is 2. The molecule has 4 aromatic carbocycles. The number of carbonyl (C=O) groups excluding carboxylic acids is 3. The van der Waals surface area contributed by atoms with Gasteiger partial charge in [-0.3, -0.25) is 44.6 Å². The molecule has 7 rings (SSSR count). The lowest BCUT2D eigenvalue weighted by molar-refractivity contribution is -0.384. The van der Waals surface area contributed by atoms with Crippen molar-refractivity contribution < 1.29 is 73.2 Å². The summed E-state index contributed by atoms with van der Waals surface area (Å²) in [7, 11) is 3.23. The van der Waals surface area contributed by atoms with Gasteiger partial charge in [0.25, 0.3) is 11.4 Å². The van der Waals surface area contributed by atoms with Crippen molar-refractivity contribution in [2.45, 2.75) is 54.2 Å². The van der Waals surface area contributed by atoms with Crippen LogP contribution < -0.4 is 20.1 Å². The number of aromatic nitrogens is 4. The number of hydrogen-bond donors (Lipinski definition) is 3. The summed E-state index contributed by atoms with van der Waals surface area (Å²) in [5.74, 6) is -1.71. The summed E-state index contributed by atoms with van der Waals surface area (Å²) in [6, 6.07) is 32.1. The van der Waals surface area contributed by atoms with Crippen LogP contribution in [0.25, 0.3) is 22.8 Å². The second-order valence-corrected chi connectivity index (χ2v) is 14.5. The molecule has 0 aliphatic carbocycles. The minimum Gasteiger partial charge on any atom is -0.457 e. The largest absolute Gasteiger partial charge is 0.458 e. The van der Waals surface area contributed by atoms with Gasteiger partial charge in [-0.1, -0.05) is 75.5 Å². The highest BCUT2D eigenvalue weighted by atomic mass is 19.4. The molecule has 17 nitrogen and oxygen atoms in total. The molecule has 76 heavy (non-hydrogen) atoms. The zero-order chi connectivity index (χ0) is 55.4. The van der Waals surface area contributed by atoms with Crippen LogP contribution in [0.15, 0.2) is 134 Å². The Hall–Kier alpha value is -9.23. The fourth-order valence-corrected chi connectivity index (χ4v) is 5.62. The number of hydrogen-bond acceptors (Lipinski definition) is 14. The van der Waals surface area contributed by atoms with Crippen LogP contribution in [0, 0.1) is 27.2 Å². The van der Waals surface area contributed by atoms with Gasteiger partial charge in [-0.05, 0) is 43.3 Å². The number of pyridine rings is 2. The third kappa shape index (κ3) is 22.3. The number of aryl methyl sites for hydroxylation is 1. The number of ketones is 2. The Kier molecular flexibility index (Phi) is 25.1. The molecule has 0 amide bonds. The molecule has 3 aromatic heterocycles. The van der Waals surface area contributed by atoms with Crippen LogP contribution in [0.1, 0.15) is 55.2 Å². The van der Waals surface area contributed by atoms with Crippen LogP contribution >= 0.6 is 0 Å². The van der Waals surface area contributed by atoms with Gasteiger partial charge in [-0.15, -0.1) is 0 Å². The van der Waals surface area contributed by atoms with Crippen LogP contribution in [0.2, 0.25) is 0 Å². The van der Waals surface area contributed by atoms with Crippen LogP contribution in [0.3, 0.4) is 0 Å². The minimum absolute atomic E-state index is 0. The molecule has 0 fully saturated rings. The van der Waals surface area contributed by atoms with Gasteiger partial charge < -0.3 is 25.1 Å². The van der Waals surface area contributed by atoms with Crippen LogP contribution in [0.4, 0.5) is 62.3 Å². The first-order valence-corrected chi connectivity index (χ1v) is 20.7. The van der Waals surface area contributed by atoms with Gasteiger partial charge in [0.05, 0.1) is 27.7 Å². The molecule has 0 aliphatic heterocycles. The maximum Gasteiger partial charge on any atom is 0.458 e. The van der Waals surface area contributed by atoms with Gasteiger partial charge in [0.15, 0.2) is 12.1 Å². The van der Waals surface area contributed by atoms with Gasteiger partial charge >= 0.3 is 24.3 Å². The molecule has 0 saturated heterocycles. The SMILES string of the molecule is C.C.CC(F)(F)F.CC(F)(F)F.CNc1ccc(Oc2ccnc(-c3nc(-c4ccccc4)c(C)[nH]3)c2)cc1[N+](=O)[O-].CNc1ccc(Oc2ccnc(C=O)c2)cc1[N+](=O)[O-].O=C(C(=O)C(F)(F)F)c1ccccc1. The van der Waals surface area contributed by atoms with Gasteiger partial charge in [-0.2, -0.15) is 39.5 Å². The van der Waals surface area contributed by atoms with Crippen LogP contribution in [-0.2, 0) is 4.79 Å². The van der Waals surface area contributed by atoms with Crippen molar-refractivity contribution >= 4 is 40.6 Å². The Balaban J connectivity index is 0.000000544. The lowest BCUT2D eigenvalue weighted by Gasteiger charge is -2.08. The van der Waals surface area contributed by atoms with E-state index in [1.165, 1.54) is 42.6 Å². The number of alkyl halides is 9. The molecule has 0 saturated carbocycles. The Labute approximate surface area is 428 Å². The zero-order valence-electron chi connectivity index (χ0n) is 39.1. The summed E-state index contributed by atoms with van der Waals surface area (Å²) >= 11 is 0. The summed E-state index contributed by atoms with van der Waals surface area (Å²) in [6.07, 6.45) is -9.47. The van der Waals surface area contributed by atoms with Crippen molar-refractivity contribution in [2.75, 3.05) is 24.7 Å². The van der Waals surface area contributed by atoms with E-state index in [-0.39, 0.29) is 51.3 Å². The number of nitro groups is 2. The van der Waals surface area contributed by atoms with E-state index >= 15 is 0 Å². The van der Waals surface area contributed by atoms with E-state index in [0.29, 0.717) is 52.2 Å². The molecule has 26 heteroatoms. The second-order valence-electron chi connectivity index (χ2n) is 14.5. The molecule has 0 bridgehead atoms. The van der Waals surface area contributed by atoms with Crippen LogP contribution in [-0.4, -0.2) is 80.3 Å². The molecule has 0 atom stereocenters. The number of nitrogens with one attached hydrogen (secondary N) is 3. The number of benzene rings is 4. The highest BCUT2D eigenvalue weighted by molar-refractivity contribution is 6.45. The van der Waals surface area contributed by atoms with Gasteiger partial charge in [-0.25, -0.2) is 4.98 Å². The monoisotopic (exact) mass is 1080 g/mol. The van der Waals surface area contributed by atoms with Gasteiger partial charge in [0, 0.05) is 69.3 Å². The third-order valence-corrected chi connectivity index (χ3v) is 8.62. The first kappa shape index (κ1) is 64.8. The lowest BCUT2D eigenvalue weighted by atomic mass is 10.1. The summed E-state index contributed by atoms with van der Waals surface area (Å²) < 4.78 is 109. The molecule has 0 spiro atoms. The number of ether oxygens (including phenoxy) is 2. The molecule has 406 valence electrons. The Morgan fingerprint density at radius 3 is 1.47 bits per heavy atom. The van der Waals surface area contributed by atoms with Crippen molar-refractivity contribution in [2.24, 2.45) is 0 Å². The number of halogens is 9. The first-order valence-electron chi connectivity index (χ1n) is 20.7. The summed E-state index contributed by atoms with van der Waals surface area (Å²) in [5.41, 5.74) is 4.06. The number of aldehydes is 1. The molecule has 0 unspecified atom stereocenters. The average Bonchev–Trinajstić information content (AvgIpc) is 3.74. The number of anilines is 2. The van der Waals surface area contributed by atoms with Gasteiger partial charge in [0.2, 0.25) is 5.78 Å². The average molecular weight is 1080 g/mol. The number of H-pyrrole nitrogens is 1. The fourth-order valence-electron chi connectivity index (χ4n) is 5.62. The quantitative estimate of drug-likeness (QED) is 0.0243. The highest BCUT2D eigenvalue weighted by Gasteiger charge is 2.43. The zero-order valence-corrected chi connectivity index (χ0v) is 39.1. The maximum atomic E-state index is 11.8. The van der Waals surface area contributed by atoms with E-state index in [1.54, 1.807) is 62.8 Å². The normalized spacial score (nSPS) is 10.4. The number of imidazole rings is 1. The molecule has 7 aromatic rings. The topological polar surface area (TPSA) is 234 Å². The Bertz CT molecular complexity index is 2990. The van der Waals surface area contributed by atoms with Crippen molar-refractivity contribution in [1.29, 1.82) is 0 Å². The second kappa shape index (κ2) is 29.5. The number of rotatable bonds is 13. The van der Waals surface area contributed by atoms with E-state index in [2.05, 4.69) is 30.6 Å². The highest BCUT2D eigenvalue weighted by Crippen LogP contribution is 2.34. The summed E-state index contributed by atoms with van der Waals surface area (Å²) in [4.78, 5) is 69.4. The Morgan fingerprint density at radius 2 is 1.05 bits per heavy atom.